The average molecular weight is 398 g/mol. The van der Waals surface area contributed by atoms with E-state index in [9.17, 15) is 0 Å². The van der Waals surface area contributed by atoms with E-state index in [2.05, 4.69) is 62.1 Å². The molecule has 0 aromatic carbocycles. The van der Waals surface area contributed by atoms with Gasteiger partial charge < -0.3 is 10.6 Å². The molecule has 122 valence electrons. The fourth-order valence-corrected chi connectivity index (χ4v) is 2.11. The lowest BCUT2D eigenvalue weighted by Gasteiger charge is -2.30. The summed E-state index contributed by atoms with van der Waals surface area (Å²) in [6, 6.07) is 1.68. The molecule has 0 amide bonds. The zero-order valence-corrected chi connectivity index (χ0v) is 16.7. The summed E-state index contributed by atoms with van der Waals surface area (Å²) in [5.41, 5.74) is 0. The molecule has 1 unspecified atom stereocenters. The number of hydrogen-bond donors (Lipinski definition) is 2. The first kappa shape index (κ1) is 22.2. The van der Waals surface area contributed by atoms with Crippen molar-refractivity contribution in [3.05, 3.63) is 0 Å². The van der Waals surface area contributed by atoms with Crippen molar-refractivity contribution in [2.24, 2.45) is 4.99 Å². The predicted molar refractivity (Wildman–Crippen MR) is 101 cm³/mol. The van der Waals surface area contributed by atoms with Gasteiger partial charge in [-0.05, 0) is 47.5 Å². The molecule has 0 radical (unpaired) electrons. The Kier molecular flexibility index (Phi) is 14.1. The van der Waals surface area contributed by atoms with E-state index in [1.807, 2.05) is 7.05 Å². The van der Waals surface area contributed by atoms with E-state index in [4.69, 9.17) is 0 Å². The summed E-state index contributed by atoms with van der Waals surface area (Å²) in [6.07, 6.45) is 2.24. The van der Waals surface area contributed by atoms with Crippen LogP contribution >= 0.6 is 24.0 Å². The smallest absolute Gasteiger partial charge is 0.191 e. The molecule has 1 atom stereocenters. The maximum Gasteiger partial charge on any atom is 0.191 e. The highest BCUT2D eigenvalue weighted by molar-refractivity contribution is 14.0. The zero-order chi connectivity index (χ0) is 14.8. The van der Waals surface area contributed by atoms with Crippen LogP contribution in [0, 0.1) is 0 Å². The molecule has 0 aliphatic carbocycles. The van der Waals surface area contributed by atoms with Crippen molar-refractivity contribution in [1.82, 2.24) is 15.5 Å². The molecule has 20 heavy (non-hydrogen) atoms. The van der Waals surface area contributed by atoms with Gasteiger partial charge in [0, 0.05) is 38.3 Å². The second kappa shape index (κ2) is 12.7. The number of halogens is 1. The number of guanidine groups is 1. The van der Waals surface area contributed by atoms with Crippen molar-refractivity contribution in [2.75, 3.05) is 20.1 Å². The molecule has 2 N–H and O–H groups in total. The summed E-state index contributed by atoms with van der Waals surface area (Å²) in [6.45, 7) is 15.5. The Morgan fingerprint density at radius 1 is 1.10 bits per heavy atom. The van der Waals surface area contributed by atoms with Gasteiger partial charge in [0.15, 0.2) is 5.96 Å². The average Bonchev–Trinajstić information content (AvgIpc) is 2.35. The first-order valence-corrected chi connectivity index (χ1v) is 7.65. The van der Waals surface area contributed by atoms with Crippen LogP contribution in [0.25, 0.3) is 0 Å². The van der Waals surface area contributed by atoms with Crippen molar-refractivity contribution < 1.29 is 0 Å². The van der Waals surface area contributed by atoms with Crippen molar-refractivity contribution in [3.8, 4) is 0 Å². The fourth-order valence-electron chi connectivity index (χ4n) is 2.11. The summed E-state index contributed by atoms with van der Waals surface area (Å²) in [7, 11) is 1.83. The minimum absolute atomic E-state index is 0. The van der Waals surface area contributed by atoms with Gasteiger partial charge in [0.25, 0.3) is 0 Å². The van der Waals surface area contributed by atoms with E-state index >= 15 is 0 Å². The van der Waals surface area contributed by atoms with E-state index in [1.54, 1.807) is 0 Å². The summed E-state index contributed by atoms with van der Waals surface area (Å²) in [5, 5.41) is 6.76. The van der Waals surface area contributed by atoms with Crippen LogP contribution in [0.15, 0.2) is 4.99 Å². The summed E-state index contributed by atoms with van der Waals surface area (Å²) in [4.78, 5) is 6.76. The molecule has 4 nitrogen and oxygen atoms in total. The normalized spacial score (nSPS) is 13.6. The molecule has 0 rings (SSSR count). The number of hydrogen-bond acceptors (Lipinski definition) is 2. The van der Waals surface area contributed by atoms with E-state index in [0.29, 0.717) is 18.1 Å². The summed E-state index contributed by atoms with van der Waals surface area (Å²) < 4.78 is 0. The Hall–Kier alpha value is -0.0400. The number of aliphatic imine (C=N–C) groups is 1. The highest BCUT2D eigenvalue weighted by Gasteiger charge is 2.12. The standard InChI is InChI=1S/C15H34N4.HI/c1-8-14(6)18-15(16-7)17-10-9-11-19(12(2)3)13(4)5;/h12-14H,8-11H2,1-7H3,(H2,16,17,18);1H. The minimum atomic E-state index is 0. The van der Waals surface area contributed by atoms with Gasteiger partial charge in [0.1, 0.15) is 0 Å². The molecule has 0 aromatic heterocycles. The van der Waals surface area contributed by atoms with Crippen molar-refractivity contribution >= 4 is 29.9 Å². The van der Waals surface area contributed by atoms with E-state index in [0.717, 1.165) is 31.9 Å². The molecule has 0 aromatic rings. The molecule has 5 heteroatoms. The Balaban J connectivity index is 0. The van der Waals surface area contributed by atoms with Gasteiger partial charge in [0.05, 0.1) is 0 Å². The van der Waals surface area contributed by atoms with Crippen molar-refractivity contribution in [1.29, 1.82) is 0 Å². The molecular formula is C15H35IN4. The monoisotopic (exact) mass is 398 g/mol. The Labute approximate surface area is 143 Å². The zero-order valence-electron chi connectivity index (χ0n) is 14.4. The van der Waals surface area contributed by atoms with Gasteiger partial charge in [-0.1, -0.05) is 6.92 Å². The Bertz CT molecular complexity index is 246. The first-order chi connectivity index (χ1) is 8.92. The van der Waals surface area contributed by atoms with E-state index in [1.165, 1.54) is 0 Å². The third kappa shape index (κ3) is 9.80. The largest absolute Gasteiger partial charge is 0.356 e. The maximum atomic E-state index is 4.24. The second-order valence-electron chi connectivity index (χ2n) is 5.73. The van der Waals surface area contributed by atoms with Gasteiger partial charge in [0.2, 0.25) is 0 Å². The molecule has 0 spiro atoms. The highest BCUT2D eigenvalue weighted by Crippen LogP contribution is 2.05. The molecular weight excluding hydrogens is 363 g/mol. The SMILES string of the molecule is CCC(C)NC(=NC)NCCCN(C(C)C)C(C)C.I. The van der Waals surface area contributed by atoms with Gasteiger partial charge in [-0.3, -0.25) is 9.89 Å². The van der Waals surface area contributed by atoms with E-state index < -0.39 is 0 Å². The number of rotatable bonds is 8. The maximum absolute atomic E-state index is 4.24. The topological polar surface area (TPSA) is 39.7 Å². The van der Waals surface area contributed by atoms with Crippen LogP contribution in [-0.2, 0) is 0 Å². The van der Waals surface area contributed by atoms with Gasteiger partial charge in [-0.25, -0.2) is 0 Å². The molecule has 0 saturated heterocycles. The second-order valence-corrected chi connectivity index (χ2v) is 5.73. The van der Waals surface area contributed by atoms with Crippen LogP contribution in [-0.4, -0.2) is 49.1 Å². The molecule has 0 fully saturated rings. The minimum Gasteiger partial charge on any atom is -0.356 e. The molecule has 0 heterocycles. The lowest BCUT2D eigenvalue weighted by molar-refractivity contribution is 0.173. The highest BCUT2D eigenvalue weighted by atomic mass is 127. The van der Waals surface area contributed by atoms with Crippen LogP contribution in [0.1, 0.15) is 54.4 Å². The van der Waals surface area contributed by atoms with Gasteiger partial charge in [-0.2, -0.15) is 0 Å². The van der Waals surface area contributed by atoms with Crippen molar-refractivity contribution in [2.45, 2.75) is 72.5 Å². The Morgan fingerprint density at radius 2 is 1.65 bits per heavy atom. The number of nitrogens with zero attached hydrogens (tertiary/aromatic N) is 2. The van der Waals surface area contributed by atoms with Crippen LogP contribution in [0.3, 0.4) is 0 Å². The third-order valence-corrected chi connectivity index (χ3v) is 3.43. The van der Waals surface area contributed by atoms with Gasteiger partial charge >= 0.3 is 0 Å². The number of nitrogens with one attached hydrogen (secondary N) is 2. The quantitative estimate of drug-likeness (QED) is 0.286. The molecule has 0 saturated carbocycles. The van der Waals surface area contributed by atoms with Crippen LogP contribution < -0.4 is 10.6 Å². The van der Waals surface area contributed by atoms with Crippen LogP contribution in [0.5, 0.6) is 0 Å². The molecule has 0 aliphatic heterocycles. The first-order valence-electron chi connectivity index (χ1n) is 7.65. The van der Waals surface area contributed by atoms with E-state index in [-0.39, 0.29) is 24.0 Å². The Morgan fingerprint density at radius 3 is 2.05 bits per heavy atom. The van der Waals surface area contributed by atoms with Crippen LogP contribution in [0.2, 0.25) is 0 Å². The predicted octanol–water partition coefficient (Wildman–Crippen LogP) is 3.08. The summed E-state index contributed by atoms with van der Waals surface area (Å²) >= 11 is 0. The third-order valence-electron chi connectivity index (χ3n) is 3.43. The lowest BCUT2D eigenvalue weighted by atomic mass is 10.2. The lowest BCUT2D eigenvalue weighted by Crippen LogP contribution is -2.43. The molecule has 0 aliphatic rings. The van der Waals surface area contributed by atoms with Crippen molar-refractivity contribution in [3.63, 3.8) is 0 Å². The molecule has 0 bridgehead atoms. The summed E-state index contributed by atoms with van der Waals surface area (Å²) in [5.74, 6) is 0.912. The van der Waals surface area contributed by atoms with Crippen LogP contribution in [0.4, 0.5) is 0 Å². The van der Waals surface area contributed by atoms with Gasteiger partial charge in [-0.15, -0.1) is 24.0 Å². The fraction of sp³-hybridized carbons (Fsp3) is 0.933.